The van der Waals surface area contributed by atoms with Crippen molar-refractivity contribution < 1.29 is 9.90 Å². The molecule has 20 heavy (non-hydrogen) atoms. The second-order valence-electron chi connectivity index (χ2n) is 5.75. The van der Waals surface area contributed by atoms with E-state index in [9.17, 15) is 9.90 Å². The molecular formula is C15H23N3O2. The van der Waals surface area contributed by atoms with Gasteiger partial charge in [0, 0.05) is 32.7 Å². The average molecular weight is 277 g/mol. The lowest BCUT2D eigenvalue weighted by atomic mass is 9.95. The van der Waals surface area contributed by atoms with Crippen molar-refractivity contribution in [1.82, 2.24) is 4.90 Å². The van der Waals surface area contributed by atoms with E-state index in [-0.39, 0.29) is 12.0 Å². The number of hydrogen-bond donors (Lipinski definition) is 2. The monoisotopic (exact) mass is 277 g/mol. The summed E-state index contributed by atoms with van der Waals surface area (Å²) in [7, 11) is 3.45. The Bertz CT molecular complexity index is 502. The molecule has 1 aromatic rings. The summed E-state index contributed by atoms with van der Waals surface area (Å²) in [4.78, 5) is 15.6. The van der Waals surface area contributed by atoms with Gasteiger partial charge in [0.1, 0.15) is 0 Å². The highest BCUT2D eigenvalue weighted by atomic mass is 16.3. The van der Waals surface area contributed by atoms with E-state index < -0.39 is 0 Å². The van der Waals surface area contributed by atoms with E-state index in [0.29, 0.717) is 23.7 Å². The third-order valence-electron chi connectivity index (χ3n) is 3.94. The number of benzene rings is 1. The van der Waals surface area contributed by atoms with Gasteiger partial charge in [-0.3, -0.25) is 4.79 Å². The standard InChI is InChI=1S/C15H23N3O2/c1-10-6-7-18(9-14(10)19)13-8-11(4-5-12(13)16)15(20)17(2)3/h4-5,8,10,14,19H,6-7,9,16H2,1-3H3. The number of rotatable bonds is 2. The fraction of sp³-hybridized carbons (Fsp3) is 0.533. The van der Waals surface area contributed by atoms with Gasteiger partial charge in [-0.1, -0.05) is 6.92 Å². The normalized spacial score (nSPS) is 22.7. The highest BCUT2D eigenvalue weighted by Gasteiger charge is 2.25. The van der Waals surface area contributed by atoms with Gasteiger partial charge in [-0.2, -0.15) is 0 Å². The summed E-state index contributed by atoms with van der Waals surface area (Å²) in [6.07, 6.45) is 0.572. The molecule has 0 spiro atoms. The summed E-state index contributed by atoms with van der Waals surface area (Å²) < 4.78 is 0. The number of nitrogen functional groups attached to an aromatic ring is 1. The van der Waals surface area contributed by atoms with E-state index in [2.05, 4.69) is 11.8 Å². The van der Waals surface area contributed by atoms with Crippen molar-refractivity contribution in [2.75, 3.05) is 37.8 Å². The van der Waals surface area contributed by atoms with E-state index in [4.69, 9.17) is 5.73 Å². The first kappa shape index (κ1) is 14.7. The fourth-order valence-corrected chi connectivity index (χ4v) is 2.48. The Kier molecular flexibility index (Phi) is 4.18. The van der Waals surface area contributed by atoms with E-state index in [1.807, 2.05) is 6.07 Å². The number of carbonyl (C=O) groups is 1. The van der Waals surface area contributed by atoms with Crippen LogP contribution in [0, 0.1) is 5.92 Å². The lowest BCUT2D eigenvalue weighted by Gasteiger charge is -2.36. The molecular weight excluding hydrogens is 254 g/mol. The number of nitrogens with two attached hydrogens (primary N) is 1. The zero-order chi connectivity index (χ0) is 14.9. The number of piperidine rings is 1. The summed E-state index contributed by atoms with van der Waals surface area (Å²) in [5.41, 5.74) is 8.12. The molecule has 2 atom stereocenters. The molecule has 3 N–H and O–H groups in total. The largest absolute Gasteiger partial charge is 0.397 e. The van der Waals surface area contributed by atoms with Crippen molar-refractivity contribution >= 4 is 17.3 Å². The molecule has 1 aliphatic heterocycles. The predicted octanol–water partition coefficient (Wildman–Crippen LogP) is 1.18. The van der Waals surface area contributed by atoms with Gasteiger partial charge < -0.3 is 20.6 Å². The molecule has 1 aliphatic rings. The zero-order valence-electron chi connectivity index (χ0n) is 12.3. The number of carbonyl (C=O) groups excluding carboxylic acids is 1. The molecule has 0 saturated carbocycles. The van der Waals surface area contributed by atoms with Crippen LogP contribution in [0.25, 0.3) is 0 Å². The molecule has 2 unspecified atom stereocenters. The van der Waals surface area contributed by atoms with Crippen LogP contribution in [-0.4, -0.2) is 49.2 Å². The molecule has 1 aromatic carbocycles. The van der Waals surface area contributed by atoms with Crippen molar-refractivity contribution in [3.63, 3.8) is 0 Å². The number of amides is 1. The van der Waals surface area contributed by atoms with Crippen LogP contribution in [0.1, 0.15) is 23.7 Å². The Morgan fingerprint density at radius 2 is 2.15 bits per heavy atom. The summed E-state index contributed by atoms with van der Waals surface area (Å²) in [5.74, 6) is 0.260. The van der Waals surface area contributed by atoms with Crippen molar-refractivity contribution in [3.05, 3.63) is 23.8 Å². The van der Waals surface area contributed by atoms with Crippen molar-refractivity contribution in [2.24, 2.45) is 5.92 Å². The van der Waals surface area contributed by atoms with Crippen LogP contribution in [0.15, 0.2) is 18.2 Å². The van der Waals surface area contributed by atoms with Crippen LogP contribution < -0.4 is 10.6 Å². The third-order valence-corrected chi connectivity index (χ3v) is 3.94. The Morgan fingerprint density at radius 3 is 2.75 bits per heavy atom. The first-order chi connectivity index (χ1) is 9.40. The Morgan fingerprint density at radius 1 is 1.45 bits per heavy atom. The number of aliphatic hydroxyl groups is 1. The second-order valence-corrected chi connectivity index (χ2v) is 5.75. The number of hydrogen-bond acceptors (Lipinski definition) is 4. The highest BCUT2D eigenvalue weighted by molar-refractivity contribution is 5.96. The number of aliphatic hydroxyl groups excluding tert-OH is 1. The van der Waals surface area contributed by atoms with E-state index in [0.717, 1.165) is 18.7 Å². The van der Waals surface area contributed by atoms with Gasteiger partial charge in [-0.05, 0) is 30.5 Å². The van der Waals surface area contributed by atoms with Crippen LogP contribution >= 0.6 is 0 Å². The zero-order valence-corrected chi connectivity index (χ0v) is 12.3. The van der Waals surface area contributed by atoms with Gasteiger partial charge >= 0.3 is 0 Å². The molecule has 110 valence electrons. The molecule has 0 bridgehead atoms. The van der Waals surface area contributed by atoms with E-state index in [1.165, 1.54) is 0 Å². The Labute approximate surface area is 120 Å². The molecule has 1 saturated heterocycles. The average Bonchev–Trinajstić information content (AvgIpc) is 2.41. The van der Waals surface area contributed by atoms with Crippen molar-refractivity contribution in [2.45, 2.75) is 19.4 Å². The molecule has 0 aliphatic carbocycles. The predicted molar refractivity (Wildman–Crippen MR) is 80.9 cm³/mol. The highest BCUT2D eigenvalue weighted by Crippen LogP contribution is 2.29. The van der Waals surface area contributed by atoms with Crippen LogP contribution in [0.3, 0.4) is 0 Å². The second kappa shape index (κ2) is 5.71. The van der Waals surface area contributed by atoms with Gasteiger partial charge in [0.05, 0.1) is 17.5 Å². The first-order valence-electron chi connectivity index (χ1n) is 6.94. The van der Waals surface area contributed by atoms with Crippen LogP contribution in [-0.2, 0) is 0 Å². The van der Waals surface area contributed by atoms with E-state index in [1.54, 1.807) is 31.1 Å². The molecule has 5 heteroatoms. The minimum atomic E-state index is -0.351. The Hall–Kier alpha value is -1.75. The summed E-state index contributed by atoms with van der Waals surface area (Å²) in [6.45, 7) is 3.46. The maximum atomic E-state index is 12.0. The molecule has 0 radical (unpaired) electrons. The molecule has 0 aromatic heterocycles. The molecule has 5 nitrogen and oxygen atoms in total. The third kappa shape index (κ3) is 2.88. The minimum Gasteiger partial charge on any atom is -0.397 e. The summed E-state index contributed by atoms with van der Waals surface area (Å²) in [6, 6.07) is 5.32. The van der Waals surface area contributed by atoms with Gasteiger partial charge in [-0.15, -0.1) is 0 Å². The van der Waals surface area contributed by atoms with Gasteiger partial charge in [0.15, 0.2) is 0 Å². The van der Waals surface area contributed by atoms with Crippen LogP contribution in [0.5, 0.6) is 0 Å². The maximum Gasteiger partial charge on any atom is 0.253 e. The number of anilines is 2. The number of nitrogens with zero attached hydrogens (tertiary/aromatic N) is 2. The van der Waals surface area contributed by atoms with Crippen molar-refractivity contribution in [1.29, 1.82) is 0 Å². The van der Waals surface area contributed by atoms with Crippen molar-refractivity contribution in [3.8, 4) is 0 Å². The number of β-amino-alcohol motifs (C(OH)–C–C–N with tert-alkyl or cyclic N) is 1. The Balaban J connectivity index is 2.27. The van der Waals surface area contributed by atoms with Gasteiger partial charge in [-0.25, -0.2) is 0 Å². The molecule has 1 fully saturated rings. The first-order valence-corrected chi connectivity index (χ1v) is 6.94. The lowest BCUT2D eigenvalue weighted by molar-refractivity contribution is 0.0827. The minimum absolute atomic E-state index is 0.0443. The molecule has 1 heterocycles. The summed E-state index contributed by atoms with van der Waals surface area (Å²) in [5, 5.41) is 10.0. The maximum absolute atomic E-state index is 12.0. The fourth-order valence-electron chi connectivity index (χ4n) is 2.48. The topological polar surface area (TPSA) is 69.8 Å². The quantitative estimate of drug-likeness (QED) is 0.796. The van der Waals surface area contributed by atoms with Gasteiger partial charge in [0.2, 0.25) is 0 Å². The molecule has 1 amide bonds. The van der Waals surface area contributed by atoms with Crippen LogP contribution in [0.2, 0.25) is 0 Å². The van der Waals surface area contributed by atoms with Gasteiger partial charge in [0.25, 0.3) is 5.91 Å². The van der Waals surface area contributed by atoms with Crippen LogP contribution in [0.4, 0.5) is 11.4 Å². The molecule has 2 rings (SSSR count). The smallest absolute Gasteiger partial charge is 0.253 e. The summed E-state index contributed by atoms with van der Waals surface area (Å²) >= 11 is 0. The SMILES string of the molecule is CC1CCN(c2cc(C(=O)N(C)C)ccc2N)CC1O. The lowest BCUT2D eigenvalue weighted by Crippen LogP contribution is -2.43. The van der Waals surface area contributed by atoms with E-state index >= 15 is 0 Å².